The van der Waals surface area contributed by atoms with Crippen LogP contribution in [0.4, 0.5) is 13.2 Å². The molecule has 1 fully saturated rings. The summed E-state index contributed by atoms with van der Waals surface area (Å²) in [5.41, 5.74) is 0. The zero-order valence-electron chi connectivity index (χ0n) is 10.2. The first kappa shape index (κ1) is 13.9. The molecule has 0 aromatic carbocycles. The van der Waals surface area contributed by atoms with E-state index in [9.17, 15) is 18.0 Å². The Balaban J connectivity index is 2.06. The standard InChI is InChI=1S/C12H14F3NO3/c13-12(14,15)8-16(7-9-3-1-5-18-9)11(17)10-4-2-6-19-10/h1,3,5,10H,2,4,6-8H2. The average molecular weight is 277 g/mol. The van der Waals surface area contributed by atoms with Gasteiger partial charge in [0.25, 0.3) is 5.91 Å². The molecule has 2 rings (SSSR count). The van der Waals surface area contributed by atoms with E-state index in [-0.39, 0.29) is 6.54 Å². The molecule has 106 valence electrons. The summed E-state index contributed by atoms with van der Waals surface area (Å²) in [7, 11) is 0. The van der Waals surface area contributed by atoms with Crippen molar-refractivity contribution in [3.05, 3.63) is 24.2 Å². The van der Waals surface area contributed by atoms with Gasteiger partial charge < -0.3 is 14.1 Å². The van der Waals surface area contributed by atoms with E-state index in [1.165, 1.54) is 12.3 Å². The molecule has 0 spiro atoms. The van der Waals surface area contributed by atoms with Crippen LogP contribution in [0.2, 0.25) is 0 Å². The smallest absolute Gasteiger partial charge is 0.406 e. The van der Waals surface area contributed by atoms with E-state index in [4.69, 9.17) is 9.15 Å². The molecule has 0 radical (unpaired) electrons. The predicted octanol–water partition coefficient (Wildman–Crippen LogP) is 2.35. The van der Waals surface area contributed by atoms with Gasteiger partial charge in [0.1, 0.15) is 18.4 Å². The van der Waals surface area contributed by atoms with Gasteiger partial charge in [0, 0.05) is 6.61 Å². The third kappa shape index (κ3) is 3.99. The molecule has 0 bridgehead atoms. The van der Waals surface area contributed by atoms with Crippen LogP contribution >= 0.6 is 0 Å². The third-order valence-electron chi connectivity index (χ3n) is 2.81. The maximum Gasteiger partial charge on any atom is 0.406 e. The number of amides is 1. The highest BCUT2D eigenvalue weighted by Crippen LogP contribution is 2.22. The van der Waals surface area contributed by atoms with Crippen molar-refractivity contribution in [1.82, 2.24) is 4.90 Å². The molecule has 0 saturated carbocycles. The van der Waals surface area contributed by atoms with Crippen LogP contribution < -0.4 is 0 Å². The van der Waals surface area contributed by atoms with Gasteiger partial charge >= 0.3 is 6.18 Å². The summed E-state index contributed by atoms with van der Waals surface area (Å²) in [4.78, 5) is 12.7. The number of halogens is 3. The second kappa shape index (κ2) is 5.64. The number of hydrogen-bond acceptors (Lipinski definition) is 3. The molecule has 1 aliphatic rings. The second-order valence-corrected chi connectivity index (χ2v) is 4.39. The first-order valence-electron chi connectivity index (χ1n) is 5.95. The van der Waals surface area contributed by atoms with Crippen LogP contribution in [0.3, 0.4) is 0 Å². The third-order valence-corrected chi connectivity index (χ3v) is 2.81. The summed E-state index contributed by atoms with van der Waals surface area (Å²) in [5, 5.41) is 0. The first-order chi connectivity index (χ1) is 8.96. The van der Waals surface area contributed by atoms with Crippen molar-refractivity contribution in [3.63, 3.8) is 0 Å². The lowest BCUT2D eigenvalue weighted by molar-refractivity contribution is -0.168. The van der Waals surface area contributed by atoms with Crippen LogP contribution in [0.25, 0.3) is 0 Å². The molecule has 1 amide bonds. The summed E-state index contributed by atoms with van der Waals surface area (Å²) in [6.45, 7) is -1.09. The highest BCUT2D eigenvalue weighted by molar-refractivity contribution is 5.81. The minimum Gasteiger partial charge on any atom is -0.467 e. The molecule has 1 aliphatic heterocycles. The molecule has 1 unspecified atom stereocenters. The Morgan fingerprint density at radius 3 is 2.79 bits per heavy atom. The predicted molar refractivity (Wildman–Crippen MR) is 59.2 cm³/mol. The number of nitrogens with zero attached hydrogens (tertiary/aromatic N) is 1. The highest BCUT2D eigenvalue weighted by atomic mass is 19.4. The Bertz CT molecular complexity index is 410. The normalized spacial score (nSPS) is 19.6. The van der Waals surface area contributed by atoms with Crippen molar-refractivity contribution in [2.24, 2.45) is 0 Å². The Kier molecular flexibility index (Phi) is 4.14. The number of carbonyl (C=O) groups excluding carboxylic acids is 1. The van der Waals surface area contributed by atoms with Crippen molar-refractivity contribution in [3.8, 4) is 0 Å². The molecule has 1 aromatic heterocycles. The van der Waals surface area contributed by atoms with E-state index in [2.05, 4.69) is 0 Å². The van der Waals surface area contributed by atoms with Crippen molar-refractivity contribution < 1.29 is 27.1 Å². The van der Waals surface area contributed by atoms with Crippen LogP contribution in [0.1, 0.15) is 18.6 Å². The molecule has 7 heteroatoms. The summed E-state index contributed by atoms with van der Waals surface area (Å²) in [6, 6.07) is 3.10. The molecule has 1 aromatic rings. The van der Waals surface area contributed by atoms with Crippen LogP contribution in [0.15, 0.2) is 22.8 Å². The molecule has 0 N–H and O–H groups in total. The fourth-order valence-corrected chi connectivity index (χ4v) is 1.99. The first-order valence-corrected chi connectivity index (χ1v) is 5.95. The molecule has 1 saturated heterocycles. The molecular formula is C12H14F3NO3. The van der Waals surface area contributed by atoms with Crippen LogP contribution in [-0.4, -0.2) is 36.2 Å². The summed E-state index contributed by atoms with van der Waals surface area (Å²) in [6.07, 6.45) is -2.70. The molecule has 0 aliphatic carbocycles. The second-order valence-electron chi connectivity index (χ2n) is 4.39. The minimum atomic E-state index is -4.44. The Hall–Kier alpha value is -1.50. The van der Waals surface area contributed by atoms with E-state index in [0.29, 0.717) is 25.2 Å². The zero-order chi connectivity index (χ0) is 13.9. The summed E-state index contributed by atoms with van der Waals surface area (Å²) in [5.74, 6) is -0.318. The lowest BCUT2D eigenvalue weighted by Gasteiger charge is -2.25. The van der Waals surface area contributed by atoms with E-state index >= 15 is 0 Å². The van der Waals surface area contributed by atoms with Gasteiger partial charge in [-0.2, -0.15) is 13.2 Å². The fraction of sp³-hybridized carbons (Fsp3) is 0.583. The number of carbonyl (C=O) groups is 1. The SMILES string of the molecule is O=C(C1CCCO1)N(Cc1ccco1)CC(F)(F)F. The van der Waals surface area contributed by atoms with E-state index in [0.717, 1.165) is 4.90 Å². The number of hydrogen-bond donors (Lipinski definition) is 0. The lowest BCUT2D eigenvalue weighted by Crippen LogP contribution is -2.43. The minimum absolute atomic E-state index is 0.203. The maximum atomic E-state index is 12.5. The fourth-order valence-electron chi connectivity index (χ4n) is 1.99. The van der Waals surface area contributed by atoms with E-state index in [1.54, 1.807) is 6.07 Å². The van der Waals surface area contributed by atoms with Gasteiger partial charge in [-0.15, -0.1) is 0 Å². The molecule has 2 heterocycles. The maximum absolute atomic E-state index is 12.5. The topological polar surface area (TPSA) is 42.7 Å². The van der Waals surface area contributed by atoms with Crippen molar-refractivity contribution in [2.45, 2.75) is 31.7 Å². The number of ether oxygens (including phenoxy) is 1. The average Bonchev–Trinajstić information content (AvgIpc) is 2.98. The Morgan fingerprint density at radius 1 is 1.47 bits per heavy atom. The number of alkyl halides is 3. The quantitative estimate of drug-likeness (QED) is 0.848. The molecule has 4 nitrogen and oxygen atoms in total. The lowest BCUT2D eigenvalue weighted by atomic mass is 10.2. The van der Waals surface area contributed by atoms with Gasteiger partial charge in [0.15, 0.2) is 0 Å². The van der Waals surface area contributed by atoms with Gasteiger partial charge in [-0.1, -0.05) is 0 Å². The van der Waals surface area contributed by atoms with Gasteiger partial charge in [-0.25, -0.2) is 0 Å². The van der Waals surface area contributed by atoms with Gasteiger partial charge in [0.05, 0.1) is 12.8 Å². The van der Waals surface area contributed by atoms with E-state index < -0.39 is 24.7 Å². The van der Waals surface area contributed by atoms with Crippen LogP contribution in [0, 0.1) is 0 Å². The highest BCUT2D eigenvalue weighted by Gasteiger charge is 2.37. The van der Waals surface area contributed by atoms with Crippen molar-refractivity contribution in [1.29, 1.82) is 0 Å². The molecular weight excluding hydrogens is 263 g/mol. The molecule has 1 atom stereocenters. The van der Waals surface area contributed by atoms with Crippen LogP contribution in [0.5, 0.6) is 0 Å². The largest absolute Gasteiger partial charge is 0.467 e. The number of rotatable bonds is 4. The summed E-state index contributed by atoms with van der Waals surface area (Å²) < 4.78 is 47.7. The Labute approximate surface area is 108 Å². The van der Waals surface area contributed by atoms with Gasteiger partial charge in [-0.3, -0.25) is 4.79 Å². The number of furan rings is 1. The van der Waals surface area contributed by atoms with E-state index in [1.807, 2.05) is 0 Å². The zero-order valence-corrected chi connectivity index (χ0v) is 10.2. The Morgan fingerprint density at radius 2 is 2.26 bits per heavy atom. The van der Waals surface area contributed by atoms with Crippen molar-refractivity contribution >= 4 is 5.91 Å². The van der Waals surface area contributed by atoms with Gasteiger partial charge in [0.2, 0.25) is 0 Å². The monoisotopic (exact) mass is 277 g/mol. The van der Waals surface area contributed by atoms with Gasteiger partial charge in [-0.05, 0) is 25.0 Å². The molecule has 19 heavy (non-hydrogen) atoms. The van der Waals surface area contributed by atoms with Crippen molar-refractivity contribution in [2.75, 3.05) is 13.2 Å². The summed E-state index contributed by atoms with van der Waals surface area (Å²) >= 11 is 0. The van der Waals surface area contributed by atoms with Crippen LogP contribution in [-0.2, 0) is 16.1 Å².